The Kier molecular flexibility index (Phi) is 6.62. The van der Waals surface area contributed by atoms with Crippen molar-refractivity contribution >= 4 is 7.75 Å². The van der Waals surface area contributed by atoms with E-state index in [1.165, 1.54) is 0 Å². The Morgan fingerprint density at radius 2 is 1.93 bits per heavy atom. The zero-order valence-corrected chi connectivity index (χ0v) is 10.7. The molecule has 4 nitrogen and oxygen atoms in total. The van der Waals surface area contributed by atoms with E-state index in [9.17, 15) is 4.57 Å². The third kappa shape index (κ3) is 4.56. The summed E-state index contributed by atoms with van der Waals surface area (Å²) in [5.74, 6) is 0. The van der Waals surface area contributed by atoms with Crippen LogP contribution in [0.1, 0.15) is 34.1 Å². The van der Waals surface area contributed by atoms with E-state index >= 15 is 0 Å². The van der Waals surface area contributed by atoms with Gasteiger partial charge in [0.2, 0.25) is 0 Å². The van der Waals surface area contributed by atoms with Crippen molar-refractivity contribution in [2.75, 3.05) is 20.2 Å². The van der Waals surface area contributed by atoms with Crippen molar-refractivity contribution in [3.05, 3.63) is 0 Å². The number of nitrogens with zero attached hydrogens (tertiary/aromatic N) is 1. The van der Waals surface area contributed by atoms with E-state index in [4.69, 9.17) is 9.05 Å². The molecule has 1 atom stereocenters. The van der Waals surface area contributed by atoms with Crippen LogP contribution in [-0.4, -0.2) is 31.0 Å². The minimum Gasteiger partial charge on any atom is -0.297 e. The topological polar surface area (TPSA) is 38.8 Å². The minimum atomic E-state index is -3.05. The Hall–Kier alpha value is 0.110. The van der Waals surface area contributed by atoms with Gasteiger partial charge in [-0.3, -0.25) is 9.05 Å². The maximum atomic E-state index is 12.2. The van der Waals surface area contributed by atoms with Crippen molar-refractivity contribution < 1.29 is 13.6 Å². The van der Waals surface area contributed by atoms with E-state index in [-0.39, 0.29) is 6.10 Å². The van der Waals surface area contributed by atoms with Crippen LogP contribution >= 0.6 is 7.75 Å². The van der Waals surface area contributed by atoms with Crippen LogP contribution in [0, 0.1) is 0 Å². The van der Waals surface area contributed by atoms with Gasteiger partial charge >= 0.3 is 7.75 Å². The molecule has 0 saturated heterocycles. The second-order valence-corrected chi connectivity index (χ2v) is 5.52. The molecular formula is C9H22NO3P. The van der Waals surface area contributed by atoms with Crippen molar-refractivity contribution in [1.82, 2.24) is 4.67 Å². The molecule has 0 aliphatic rings. The highest BCUT2D eigenvalue weighted by Crippen LogP contribution is 2.51. The lowest BCUT2D eigenvalue weighted by molar-refractivity contribution is 0.136. The van der Waals surface area contributed by atoms with Gasteiger partial charge in [0, 0.05) is 6.54 Å². The summed E-state index contributed by atoms with van der Waals surface area (Å²) in [6, 6.07) is 0. The normalized spacial score (nSPS) is 16.2. The van der Waals surface area contributed by atoms with Crippen LogP contribution in [-0.2, 0) is 13.6 Å². The summed E-state index contributed by atoms with van der Waals surface area (Å²) in [6.07, 6.45) is 0.745. The highest BCUT2D eigenvalue weighted by atomic mass is 31.2. The lowest BCUT2D eigenvalue weighted by Crippen LogP contribution is -2.20. The molecule has 0 aliphatic heterocycles. The van der Waals surface area contributed by atoms with E-state index in [0.29, 0.717) is 13.2 Å². The molecular weight excluding hydrogens is 201 g/mol. The molecule has 14 heavy (non-hydrogen) atoms. The summed E-state index contributed by atoms with van der Waals surface area (Å²) in [7, 11) is -1.30. The van der Waals surface area contributed by atoms with Gasteiger partial charge in [0.25, 0.3) is 0 Å². The fraction of sp³-hybridized carbons (Fsp3) is 1.00. The molecule has 0 amide bonds. The zero-order chi connectivity index (χ0) is 11.2. The smallest absolute Gasteiger partial charge is 0.297 e. The molecule has 0 radical (unpaired) electrons. The van der Waals surface area contributed by atoms with Crippen molar-refractivity contribution in [3.8, 4) is 0 Å². The average molecular weight is 223 g/mol. The Morgan fingerprint density at radius 1 is 1.36 bits per heavy atom. The average Bonchev–Trinajstić information content (AvgIpc) is 2.12. The van der Waals surface area contributed by atoms with Crippen LogP contribution in [0.15, 0.2) is 0 Å². The van der Waals surface area contributed by atoms with Gasteiger partial charge in [-0.05, 0) is 27.3 Å². The van der Waals surface area contributed by atoms with Gasteiger partial charge < -0.3 is 0 Å². The summed E-state index contributed by atoms with van der Waals surface area (Å²) in [5.41, 5.74) is 0. The summed E-state index contributed by atoms with van der Waals surface area (Å²) < 4.78 is 24.5. The van der Waals surface area contributed by atoms with Crippen LogP contribution in [0.4, 0.5) is 0 Å². The molecule has 0 bridgehead atoms. The summed E-state index contributed by atoms with van der Waals surface area (Å²) >= 11 is 0. The molecule has 0 rings (SSSR count). The van der Waals surface area contributed by atoms with Crippen molar-refractivity contribution in [1.29, 1.82) is 0 Å². The van der Waals surface area contributed by atoms with Gasteiger partial charge in [0.05, 0.1) is 12.7 Å². The molecule has 0 heterocycles. The Labute approximate surface area is 87.2 Å². The first kappa shape index (κ1) is 14.1. The van der Waals surface area contributed by atoms with E-state index in [2.05, 4.69) is 0 Å². The summed E-state index contributed by atoms with van der Waals surface area (Å²) in [5, 5.41) is 0. The number of rotatable bonds is 7. The van der Waals surface area contributed by atoms with E-state index in [1.54, 1.807) is 11.7 Å². The van der Waals surface area contributed by atoms with Crippen molar-refractivity contribution in [2.45, 2.75) is 40.2 Å². The first-order valence-corrected chi connectivity index (χ1v) is 6.60. The number of hydrogen-bond acceptors (Lipinski definition) is 3. The van der Waals surface area contributed by atoms with Gasteiger partial charge in [-0.25, -0.2) is 9.24 Å². The first-order chi connectivity index (χ1) is 6.46. The lowest BCUT2D eigenvalue weighted by atomic mass is 10.5. The third-order valence-electron chi connectivity index (χ3n) is 1.68. The summed E-state index contributed by atoms with van der Waals surface area (Å²) in [6.45, 7) is 8.72. The van der Waals surface area contributed by atoms with Crippen molar-refractivity contribution in [2.24, 2.45) is 0 Å². The van der Waals surface area contributed by atoms with Gasteiger partial charge in [-0.2, -0.15) is 0 Å². The standard InChI is InChI=1S/C9H22NO3P/c1-6-8-12-14(11,10(5)7-2)13-9(3)4/h9H,6-8H2,1-5H3. The molecule has 5 heteroatoms. The van der Waals surface area contributed by atoms with Crippen molar-refractivity contribution in [3.63, 3.8) is 0 Å². The van der Waals surface area contributed by atoms with Gasteiger partial charge in [-0.1, -0.05) is 13.8 Å². The second-order valence-electron chi connectivity index (χ2n) is 3.43. The SMILES string of the molecule is CCCOP(=O)(OC(C)C)N(C)CC. The molecule has 86 valence electrons. The van der Waals surface area contributed by atoms with E-state index < -0.39 is 7.75 Å². The lowest BCUT2D eigenvalue weighted by Gasteiger charge is -2.27. The third-order valence-corrected chi connectivity index (χ3v) is 3.99. The molecule has 0 saturated carbocycles. The monoisotopic (exact) mass is 223 g/mol. The largest absolute Gasteiger partial charge is 0.408 e. The molecule has 0 aromatic carbocycles. The fourth-order valence-corrected chi connectivity index (χ4v) is 2.57. The Morgan fingerprint density at radius 3 is 2.29 bits per heavy atom. The molecule has 0 aliphatic carbocycles. The highest BCUT2D eigenvalue weighted by Gasteiger charge is 2.30. The fourth-order valence-electron chi connectivity index (χ4n) is 0.856. The van der Waals surface area contributed by atoms with Crippen LogP contribution in [0.25, 0.3) is 0 Å². The van der Waals surface area contributed by atoms with E-state index in [0.717, 1.165) is 6.42 Å². The van der Waals surface area contributed by atoms with Gasteiger partial charge in [0.1, 0.15) is 0 Å². The number of hydrogen-bond donors (Lipinski definition) is 0. The predicted octanol–water partition coefficient (Wildman–Crippen LogP) is 2.90. The van der Waals surface area contributed by atoms with Gasteiger partial charge in [-0.15, -0.1) is 0 Å². The predicted molar refractivity (Wildman–Crippen MR) is 58.4 cm³/mol. The molecule has 0 N–H and O–H groups in total. The minimum absolute atomic E-state index is 0.0910. The Bertz CT molecular complexity index is 196. The van der Waals surface area contributed by atoms with Crippen LogP contribution in [0.5, 0.6) is 0 Å². The maximum absolute atomic E-state index is 12.2. The molecule has 0 aromatic rings. The van der Waals surface area contributed by atoms with Gasteiger partial charge in [0.15, 0.2) is 0 Å². The first-order valence-electron chi connectivity index (χ1n) is 5.10. The quantitative estimate of drug-likeness (QED) is 0.622. The Balaban J connectivity index is 4.41. The highest BCUT2D eigenvalue weighted by molar-refractivity contribution is 7.51. The zero-order valence-electron chi connectivity index (χ0n) is 9.82. The van der Waals surface area contributed by atoms with Crippen LogP contribution in [0.2, 0.25) is 0 Å². The molecule has 0 aromatic heterocycles. The molecule has 1 unspecified atom stereocenters. The molecule has 0 fully saturated rings. The summed E-state index contributed by atoms with van der Waals surface area (Å²) in [4.78, 5) is 0. The van der Waals surface area contributed by atoms with Crippen LogP contribution < -0.4 is 0 Å². The van der Waals surface area contributed by atoms with Crippen LogP contribution in [0.3, 0.4) is 0 Å². The maximum Gasteiger partial charge on any atom is 0.408 e. The van der Waals surface area contributed by atoms with E-state index in [1.807, 2.05) is 27.7 Å². The molecule has 0 spiro atoms. The second kappa shape index (κ2) is 6.57.